The summed E-state index contributed by atoms with van der Waals surface area (Å²) < 4.78 is 4.73. The minimum Gasteiger partial charge on any atom is -0.309 e. The summed E-state index contributed by atoms with van der Waals surface area (Å²) in [5.74, 6) is 0.752. The molecular formula is C35H23N3S. The highest BCUT2D eigenvalue weighted by molar-refractivity contribution is 7.26. The lowest BCUT2D eigenvalue weighted by Gasteiger charge is -2.13. The van der Waals surface area contributed by atoms with E-state index >= 15 is 0 Å². The van der Waals surface area contributed by atoms with Gasteiger partial charge in [0.15, 0.2) is 5.82 Å². The zero-order chi connectivity index (χ0) is 25.9. The van der Waals surface area contributed by atoms with Crippen molar-refractivity contribution < 1.29 is 0 Å². The molecule has 8 rings (SSSR count). The van der Waals surface area contributed by atoms with Crippen LogP contribution in [-0.4, -0.2) is 14.5 Å². The predicted molar refractivity (Wildman–Crippen MR) is 165 cm³/mol. The van der Waals surface area contributed by atoms with Crippen LogP contribution in [0, 0.1) is 6.92 Å². The Labute approximate surface area is 229 Å². The summed E-state index contributed by atoms with van der Waals surface area (Å²) in [6.45, 7) is 2.18. The van der Waals surface area contributed by atoms with Crippen LogP contribution in [0.5, 0.6) is 0 Å². The highest BCUT2D eigenvalue weighted by Crippen LogP contribution is 2.40. The van der Waals surface area contributed by atoms with Crippen molar-refractivity contribution in [2.75, 3.05) is 0 Å². The van der Waals surface area contributed by atoms with Gasteiger partial charge in [-0.2, -0.15) is 0 Å². The van der Waals surface area contributed by atoms with Gasteiger partial charge in [-0.1, -0.05) is 84.9 Å². The number of thiophene rings is 1. The Morgan fingerprint density at radius 3 is 1.95 bits per heavy atom. The average molecular weight is 518 g/mol. The highest BCUT2D eigenvalue weighted by Gasteiger charge is 2.18. The van der Waals surface area contributed by atoms with Crippen LogP contribution in [0.1, 0.15) is 5.56 Å². The fraction of sp³-hybridized carbons (Fsp3) is 0.0286. The smallest absolute Gasteiger partial charge is 0.160 e. The van der Waals surface area contributed by atoms with E-state index in [1.54, 1.807) is 11.3 Å². The quantitative estimate of drug-likeness (QED) is 0.234. The summed E-state index contributed by atoms with van der Waals surface area (Å²) in [6.07, 6.45) is 0. The summed E-state index contributed by atoms with van der Waals surface area (Å²) in [7, 11) is 0. The molecule has 4 heteroatoms. The van der Waals surface area contributed by atoms with E-state index in [1.807, 2.05) is 6.07 Å². The molecule has 0 saturated carbocycles. The summed E-state index contributed by atoms with van der Waals surface area (Å²) in [6, 6.07) is 42.8. The fourth-order valence-corrected chi connectivity index (χ4v) is 6.89. The van der Waals surface area contributed by atoms with Crippen LogP contribution in [0.3, 0.4) is 0 Å². The van der Waals surface area contributed by atoms with E-state index < -0.39 is 0 Å². The monoisotopic (exact) mass is 517 g/mol. The van der Waals surface area contributed by atoms with Crippen LogP contribution >= 0.6 is 11.3 Å². The molecule has 184 valence electrons. The lowest BCUT2D eigenvalue weighted by Crippen LogP contribution is -1.99. The topological polar surface area (TPSA) is 30.7 Å². The van der Waals surface area contributed by atoms with E-state index in [2.05, 4.69) is 127 Å². The standard InChI is InChI=1S/C35H23N3S/c1-22-21-24(19-20-28(22)38-29-16-8-5-13-25(29)26-14-6-9-17-30(26)38)35-36-32(23-11-3-2-4-12-23)34-33(37-35)27-15-7-10-18-31(27)39-34/h2-21H,1H3. The summed E-state index contributed by atoms with van der Waals surface area (Å²) >= 11 is 1.76. The molecule has 0 bridgehead atoms. The number of aromatic nitrogens is 3. The van der Waals surface area contributed by atoms with Crippen molar-refractivity contribution >= 4 is 53.4 Å². The highest BCUT2D eigenvalue weighted by atomic mass is 32.1. The third-order valence-corrected chi connectivity index (χ3v) is 8.71. The minimum absolute atomic E-state index is 0.752. The number of aryl methyl sites for hydroxylation is 1. The van der Waals surface area contributed by atoms with Gasteiger partial charge in [-0.25, -0.2) is 9.97 Å². The normalized spacial score (nSPS) is 11.7. The van der Waals surface area contributed by atoms with Crippen LogP contribution in [-0.2, 0) is 0 Å². The Kier molecular flexibility index (Phi) is 4.91. The van der Waals surface area contributed by atoms with Crippen molar-refractivity contribution in [3.63, 3.8) is 0 Å². The average Bonchev–Trinajstić information content (AvgIpc) is 3.53. The van der Waals surface area contributed by atoms with Crippen molar-refractivity contribution in [1.82, 2.24) is 14.5 Å². The third-order valence-electron chi connectivity index (χ3n) is 7.54. The lowest BCUT2D eigenvalue weighted by atomic mass is 10.1. The van der Waals surface area contributed by atoms with E-state index in [-0.39, 0.29) is 0 Å². The van der Waals surface area contributed by atoms with Gasteiger partial charge in [0, 0.05) is 37.7 Å². The largest absolute Gasteiger partial charge is 0.309 e. The molecule has 3 aromatic heterocycles. The summed E-state index contributed by atoms with van der Waals surface area (Å²) in [5, 5.41) is 3.71. The summed E-state index contributed by atoms with van der Waals surface area (Å²) in [4.78, 5) is 10.3. The van der Waals surface area contributed by atoms with Gasteiger partial charge in [-0.05, 0) is 48.9 Å². The van der Waals surface area contributed by atoms with Crippen molar-refractivity contribution in [3.8, 4) is 28.3 Å². The molecule has 0 radical (unpaired) electrons. The first kappa shape index (κ1) is 22.2. The molecule has 0 spiro atoms. The van der Waals surface area contributed by atoms with Crippen molar-refractivity contribution in [3.05, 3.63) is 127 Å². The van der Waals surface area contributed by atoms with Gasteiger partial charge in [0.05, 0.1) is 26.9 Å². The molecular weight excluding hydrogens is 494 g/mol. The molecule has 0 atom stereocenters. The van der Waals surface area contributed by atoms with E-state index in [9.17, 15) is 0 Å². The first-order valence-electron chi connectivity index (χ1n) is 13.1. The predicted octanol–water partition coefficient (Wildman–Crippen LogP) is 9.58. The van der Waals surface area contributed by atoms with Crippen LogP contribution in [0.4, 0.5) is 0 Å². The Hall–Kier alpha value is -4.80. The molecule has 0 saturated heterocycles. The molecule has 3 heterocycles. The number of rotatable bonds is 3. The minimum atomic E-state index is 0.752. The van der Waals surface area contributed by atoms with Gasteiger partial charge >= 0.3 is 0 Å². The first-order valence-corrected chi connectivity index (χ1v) is 13.9. The molecule has 0 aliphatic heterocycles. The van der Waals surface area contributed by atoms with Gasteiger partial charge < -0.3 is 4.57 Å². The Balaban J connectivity index is 1.35. The zero-order valence-electron chi connectivity index (χ0n) is 21.3. The Morgan fingerprint density at radius 1 is 0.590 bits per heavy atom. The van der Waals surface area contributed by atoms with Gasteiger partial charge in [-0.3, -0.25) is 0 Å². The number of nitrogens with zero attached hydrogens (tertiary/aromatic N) is 3. The Bertz CT molecular complexity index is 2130. The number of fused-ring (bicyclic) bond motifs is 6. The van der Waals surface area contributed by atoms with Crippen LogP contribution in [0.25, 0.3) is 70.4 Å². The fourth-order valence-electron chi connectivity index (χ4n) is 5.74. The molecule has 8 aromatic rings. The maximum atomic E-state index is 5.16. The van der Waals surface area contributed by atoms with E-state index in [0.29, 0.717) is 0 Å². The van der Waals surface area contributed by atoms with Crippen LogP contribution < -0.4 is 0 Å². The van der Waals surface area contributed by atoms with Gasteiger partial charge in [0.1, 0.15) is 0 Å². The second kappa shape index (κ2) is 8.62. The molecule has 0 amide bonds. The number of benzene rings is 5. The SMILES string of the molecule is Cc1cc(-c2nc(-c3ccccc3)c3sc4ccccc4c3n2)ccc1-n1c2ccccc2c2ccccc21. The number of para-hydroxylation sites is 2. The van der Waals surface area contributed by atoms with E-state index in [0.717, 1.165) is 32.9 Å². The third kappa shape index (κ3) is 3.42. The molecule has 0 unspecified atom stereocenters. The van der Waals surface area contributed by atoms with Gasteiger partial charge in [0.25, 0.3) is 0 Å². The number of hydrogen-bond donors (Lipinski definition) is 0. The second-order valence-electron chi connectivity index (χ2n) is 9.91. The van der Waals surface area contributed by atoms with Crippen molar-refractivity contribution in [2.24, 2.45) is 0 Å². The molecule has 3 nitrogen and oxygen atoms in total. The maximum absolute atomic E-state index is 5.16. The van der Waals surface area contributed by atoms with Crippen molar-refractivity contribution in [2.45, 2.75) is 6.92 Å². The number of hydrogen-bond acceptors (Lipinski definition) is 3. The maximum Gasteiger partial charge on any atom is 0.160 e. The molecule has 0 fully saturated rings. The summed E-state index contributed by atoms with van der Waals surface area (Å²) in [5.41, 5.74) is 8.90. The first-order chi connectivity index (χ1) is 19.3. The molecule has 5 aromatic carbocycles. The van der Waals surface area contributed by atoms with Crippen molar-refractivity contribution in [1.29, 1.82) is 0 Å². The molecule has 0 aliphatic carbocycles. The zero-order valence-corrected chi connectivity index (χ0v) is 22.1. The van der Waals surface area contributed by atoms with E-state index in [1.165, 1.54) is 43.1 Å². The molecule has 0 aliphatic rings. The lowest BCUT2D eigenvalue weighted by molar-refractivity contribution is 1.14. The van der Waals surface area contributed by atoms with Gasteiger partial charge in [0.2, 0.25) is 0 Å². The van der Waals surface area contributed by atoms with Gasteiger partial charge in [-0.15, -0.1) is 11.3 Å². The molecule has 39 heavy (non-hydrogen) atoms. The van der Waals surface area contributed by atoms with Crippen LogP contribution in [0.15, 0.2) is 121 Å². The van der Waals surface area contributed by atoms with Crippen LogP contribution in [0.2, 0.25) is 0 Å². The van der Waals surface area contributed by atoms with E-state index in [4.69, 9.17) is 9.97 Å². The molecule has 0 N–H and O–H groups in total. The Morgan fingerprint density at radius 2 is 1.23 bits per heavy atom. The second-order valence-corrected chi connectivity index (χ2v) is 11.0.